The Kier molecular flexibility index (Phi) is 3.81. The monoisotopic (exact) mass is 252 g/mol. The Bertz CT molecular complexity index is 451. The van der Waals surface area contributed by atoms with Gasteiger partial charge in [0.15, 0.2) is 0 Å². The van der Waals surface area contributed by atoms with Crippen molar-refractivity contribution in [1.29, 1.82) is 0 Å². The van der Waals surface area contributed by atoms with Crippen LogP contribution >= 0.6 is 0 Å². The molecule has 0 aromatic heterocycles. The van der Waals surface area contributed by atoms with Crippen molar-refractivity contribution in [3.8, 4) is 0 Å². The van der Waals surface area contributed by atoms with Gasteiger partial charge in [0.2, 0.25) is 0 Å². The van der Waals surface area contributed by atoms with E-state index in [1.54, 1.807) is 18.1 Å². The summed E-state index contributed by atoms with van der Waals surface area (Å²) < 4.78 is 18.4. The molecule has 1 aromatic rings. The highest BCUT2D eigenvalue weighted by atomic mass is 19.1. The highest BCUT2D eigenvalue weighted by Crippen LogP contribution is 2.22. The van der Waals surface area contributed by atoms with Gasteiger partial charge in [0.25, 0.3) is 5.91 Å². The van der Waals surface area contributed by atoms with Crippen molar-refractivity contribution in [2.45, 2.75) is 6.42 Å². The maximum absolute atomic E-state index is 13.3. The summed E-state index contributed by atoms with van der Waals surface area (Å²) in [7, 11) is 1.65. The second-order valence-electron chi connectivity index (χ2n) is 4.56. The van der Waals surface area contributed by atoms with Crippen LogP contribution in [0.15, 0.2) is 18.2 Å². The van der Waals surface area contributed by atoms with Gasteiger partial charge in [-0.2, -0.15) is 0 Å². The number of ether oxygens (including phenoxy) is 1. The third-order valence-corrected chi connectivity index (χ3v) is 3.26. The van der Waals surface area contributed by atoms with Gasteiger partial charge < -0.3 is 15.4 Å². The van der Waals surface area contributed by atoms with Crippen LogP contribution in [0, 0.1) is 11.7 Å². The van der Waals surface area contributed by atoms with Gasteiger partial charge in [0.1, 0.15) is 5.82 Å². The molecule has 1 saturated heterocycles. The lowest BCUT2D eigenvalue weighted by Gasteiger charge is -2.17. The molecule has 1 aliphatic heterocycles. The average molecular weight is 252 g/mol. The Labute approximate surface area is 106 Å². The Hall–Kier alpha value is -1.62. The number of likely N-dealkylation sites (tertiary alicyclic amines) is 1. The molecule has 0 aliphatic carbocycles. The minimum absolute atomic E-state index is 0.0716. The van der Waals surface area contributed by atoms with Crippen molar-refractivity contribution in [2.75, 3.05) is 32.5 Å². The first kappa shape index (κ1) is 12.8. The molecule has 2 N–H and O–H groups in total. The number of amides is 1. The Morgan fingerprint density at radius 2 is 2.39 bits per heavy atom. The summed E-state index contributed by atoms with van der Waals surface area (Å²) in [5, 5.41) is 0. The van der Waals surface area contributed by atoms with Crippen LogP contribution in [-0.4, -0.2) is 37.6 Å². The molecule has 5 heteroatoms. The fourth-order valence-corrected chi connectivity index (χ4v) is 2.28. The fourth-order valence-electron chi connectivity index (χ4n) is 2.28. The zero-order valence-corrected chi connectivity index (χ0v) is 10.4. The Morgan fingerprint density at radius 1 is 1.61 bits per heavy atom. The third-order valence-electron chi connectivity index (χ3n) is 3.26. The average Bonchev–Trinajstić information content (AvgIpc) is 2.81. The molecule has 1 amide bonds. The number of hydrogen-bond acceptors (Lipinski definition) is 3. The van der Waals surface area contributed by atoms with Crippen LogP contribution in [0.4, 0.5) is 10.1 Å². The lowest BCUT2D eigenvalue weighted by Crippen LogP contribution is -2.30. The summed E-state index contributed by atoms with van der Waals surface area (Å²) in [6.45, 7) is 1.95. The van der Waals surface area contributed by atoms with Gasteiger partial charge in [-0.05, 0) is 18.6 Å². The van der Waals surface area contributed by atoms with E-state index in [0.717, 1.165) is 6.42 Å². The van der Waals surface area contributed by atoms with Crippen molar-refractivity contribution < 1.29 is 13.9 Å². The number of methoxy groups -OCH3 is 1. The van der Waals surface area contributed by atoms with E-state index in [1.807, 2.05) is 0 Å². The van der Waals surface area contributed by atoms with Gasteiger partial charge in [-0.1, -0.05) is 6.07 Å². The number of carbonyl (C=O) groups excluding carboxylic acids is 1. The first-order valence-corrected chi connectivity index (χ1v) is 5.95. The van der Waals surface area contributed by atoms with Gasteiger partial charge >= 0.3 is 0 Å². The van der Waals surface area contributed by atoms with Crippen molar-refractivity contribution in [3.05, 3.63) is 29.6 Å². The molecule has 1 fully saturated rings. The largest absolute Gasteiger partial charge is 0.396 e. The van der Waals surface area contributed by atoms with Crippen LogP contribution in [-0.2, 0) is 4.74 Å². The molecular formula is C13H17FN2O2. The van der Waals surface area contributed by atoms with E-state index in [2.05, 4.69) is 0 Å². The predicted octanol–water partition coefficient (Wildman–Crippen LogP) is 1.52. The highest BCUT2D eigenvalue weighted by Gasteiger charge is 2.28. The predicted molar refractivity (Wildman–Crippen MR) is 66.7 cm³/mol. The summed E-state index contributed by atoms with van der Waals surface area (Å²) >= 11 is 0. The number of nitrogen functional groups attached to an aromatic ring is 1. The maximum Gasteiger partial charge on any atom is 0.256 e. The minimum atomic E-state index is -0.548. The second-order valence-corrected chi connectivity index (χ2v) is 4.56. The van der Waals surface area contributed by atoms with Crippen LogP contribution in [0.25, 0.3) is 0 Å². The maximum atomic E-state index is 13.3. The van der Waals surface area contributed by atoms with E-state index in [0.29, 0.717) is 25.6 Å². The van der Waals surface area contributed by atoms with Gasteiger partial charge in [-0.3, -0.25) is 4.79 Å². The van der Waals surface area contributed by atoms with Gasteiger partial charge in [0, 0.05) is 26.1 Å². The smallest absolute Gasteiger partial charge is 0.256 e. The zero-order chi connectivity index (χ0) is 13.1. The highest BCUT2D eigenvalue weighted by molar-refractivity contribution is 5.99. The van der Waals surface area contributed by atoms with E-state index in [4.69, 9.17) is 10.5 Å². The number of nitrogens with zero attached hydrogens (tertiary/aromatic N) is 1. The van der Waals surface area contributed by atoms with Crippen LogP contribution in [0.2, 0.25) is 0 Å². The Morgan fingerprint density at radius 3 is 3.11 bits per heavy atom. The Balaban J connectivity index is 2.11. The standard InChI is InChI=1S/C13H17FN2O2/c1-18-8-9-5-6-16(7-9)13(17)10-3-2-4-11(14)12(10)15/h2-4,9H,5-8,15H2,1H3. The number of hydrogen-bond donors (Lipinski definition) is 1. The summed E-state index contributed by atoms with van der Waals surface area (Å²) in [5.41, 5.74) is 5.77. The van der Waals surface area contributed by atoms with Crippen LogP contribution in [0.3, 0.4) is 0 Å². The van der Waals surface area contributed by atoms with Crippen molar-refractivity contribution in [3.63, 3.8) is 0 Å². The van der Waals surface area contributed by atoms with Gasteiger partial charge in [-0.15, -0.1) is 0 Å². The molecule has 0 radical (unpaired) electrons. The van der Waals surface area contributed by atoms with E-state index in [9.17, 15) is 9.18 Å². The molecular weight excluding hydrogens is 235 g/mol. The van der Waals surface area contributed by atoms with Crippen molar-refractivity contribution >= 4 is 11.6 Å². The molecule has 98 valence electrons. The number of para-hydroxylation sites is 1. The summed E-state index contributed by atoms with van der Waals surface area (Å²) in [6, 6.07) is 4.32. The van der Waals surface area contributed by atoms with E-state index >= 15 is 0 Å². The summed E-state index contributed by atoms with van der Waals surface area (Å²) in [5.74, 6) is -0.396. The summed E-state index contributed by atoms with van der Waals surface area (Å²) in [4.78, 5) is 13.9. The van der Waals surface area contributed by atoms with Crippen LogP contribution in [0.5, 0.6) is 0 Å². The lowest BCUT2D eigenvalue weighted by molar-refractivity contribution is 0.0776. The SMILES string of the molecule is COCC1CCN(C(=O)c2cccc(F)c2N)C1. The summed E-state index contributed by atoms with van der Waals surface area (Å²) in [6.07, 6.45) is 0.912. The molecule has 0 saturated carbocycles. The topological polar surface area (TPSA) is 55.6 Å². The molecule has 1 aliphatic rings. The lowest BCUT2D eigenvalue weighted by atomic mass is 10.1. The number of rotatable bonds is 3. The molecule has 18 heavy (non-hydrogen) atoms. The number of nitrogens with two attached hydrogens (primary N) is 1. The third kappa shape index (κ3) is 2.46. The van der Waals surface area contributed by atoms with Gasteiger partial charge in [0.05, 0.1) is 17.9 Å². The molecule has 1 unspecified atom stereocenters. The van der Waals surface area contributed by atoms with E-state index in [1.165, 1.54) is 12.1 Å². The molecule has 1 aromatic carbocycles. The van der Waals surface area contributed by atoms with Gasteiger partial charge in [-0.25, -0.2) is 4.39 Å². The van der Waals surface area contributed by atoms with E-state index in [-0.39, 0.29) is 17.2 Å². The minimum Gasteiger partial charge on any atom is -0.396 e. The quantitative estimate of drug-likeness (QED) is 0.830. The molecule has 1 heterocycles. The molecule has 4 nitrogen and oxygen atoms in total. The first-order valence-electron chi connectivity index (χ1n) is 5.95. The normalized spacial score (nSPS) is 19.2. The second kappa shape index (κ2) is 5.35. The molecule has 2 rings (SSSR count). The number of benzene rings is 1. The van der Waals surface area contributed by atoms with E-state index < -0.39 is 5.82 Å². The van der Waals surface area contributed by atoms with Crippen molar-refractivity contribution in [1.82, 2.24) is 4.90 Å². The first-order chi connectivity index (χ1) is 8.63. The van der Waals surface area contributed by atoms with Crippen LogP contribution in [0.1, 0.15) is 16.8 Å². The van der Waals surface area contributed by atoms with Crippen molar-refractivity contribution in [2.24, 2.45) is 5.92 Å². The molecule has 0 spiro atoms. The molecule has 1 atom stereocenters. The number of halogens is 1. The fraction of sp³-hybridized carbons (Fsp3) is 0.462. The number of anilines is 1. The van der Waals surface area contributed by atoms with Crippen LogP contribution < -0.4 is 5.73 Å². The zero-order valence-electron chi connectivity index (χ0n) is 10.4. The number of carbonyl (C=O) groups is 1. The molecule has 0 bridgehead atoms.